The van der Waals surface area contributed by atoms with Gasteiger partial charge in [-0.05, 0) is 44.4 Å². The van der Waals surface area contributed by atoms with Crippen LogP contribution in [0.5, 0.6) is 0 Å². The van der Waals surface area contributed by atoms with Gasteiger partial charge in [0.25, 0.3) is 0 Å². The highest BCUT2D eigenvalue weighted by atomic mass is 16.5. The molecule has 0 aliphatic rings. The third kappa shape index (κ3) is 47.3. The number of unbranched alkanes of at least 4 members (excludes halogenated alkanes) is 37. The molecular weight excluding hydrogens is 645 g/mol. The number of hydrogen-bond acceptors (Lipinski definition) is 2. The van der Waals surface area contributed by atoms with E-state index in [2.05, 4.69) is 32.9 Å². The van der Waals surface area contributed by atoms with Crippen LogP contribution in [0.2, 0.25) is 0 Å². The van der Waals surface area contributed by atoms with E-state index in [1.165, 1.54) is 257 Å². The largest absolute Gasteiger partial charge is 0.466 e. The quantitative estimate of drug-likeness (QED) is 0.0352. The lowest BCUT2D eigenvalue weighted by atomic mass is 9.99. The Balaban J connectivity index is 3.17. The van der Waals surface area contributed by atoms with E-state index in [0.29, 0.717) is 13.0 Å². The summed E-state index contributed by atoms with van der Waals surface area (Å²) in [5, 5.41) is 0. The number of hydrogen-bond donors (Lipinski definition) is 0. The zero-order chi connectivity index (χ0) is 38.4. The van der Waals surface area contributed by atoms with Gasteiger partial charge in [-0.2, -0.15) is 0 Å². The topological polar surface area (TPSA) is 26.3 Å². The van der Waals surface area contributed by atoms with Crippen molar-refractivity contribution < 1.29 is 9.53 Å². The number of esters is 1. The molecule has 0 saturated heterocycles. The number of carbonyl (C=O) groups is 1. The first-order valence-corrected chi connectivity index (χ1v) is 25.0. The Bertz CT molecular complexity index is 698. The van der Waals surface area contributed by atoms with Crippen molar-refractivity contribution in [3.63, 3.8) is 0 Å². The molecule has 0 aliphatic heterocycles. The molecule has 0 radical (unpaired) electrons. The molecule has 53 heavy (non-hydrogen) atoms. The van der Waals surface area contributed by atoms with Crippen molar-refractivity contribution in [3.05, 3.63) is 12.2 Å². The molecule has 0 spiro atoms. The van der Waals surface area contributed by atoms with Crippen LogP contribution in [0.15, 0.2) is 12.2 Å². The summed E-state index contributed by atoms with van der Waals surface area (Å²) in [5.74, 6) is 0.964. The Morgan fingerprint density at radius 1 is 0.396 bits per heavy atom. The minimum atomic E-state index is 0.0282. The first-order chi connectivity index (χ1) is 26.2. The Kier molecular flexibility index (Phi) is 46.7. The summed E-state index contributed by atoms with van der Waals surface area (Å²) < 4.78 is 5.49. The summed E-state index contributed by atoms with van der Waals surface area (Å²) in [6.07, 6.45) is 63.4. The lowest BCUT2D eigenvalue weighted by molar-refractivity contribution is -0.143. The minimum absolute atomic E-state index is 0.0282. The molecule has 1 atom stereocenters. The Morgan fingerprint density at radius 2 is 0.698 bits per heavy atom. The summed E-state index contributed by atoms with van der Waals surface area (Å²) in [6, 6.07) is 0. The van der Waals surface area contributed by atoms with Crippen molar-refractivity contribution in [1.82, 2.24) is 0 Å². The van der Waals surface area contributed by atoms with Crippen molar-refractivity contribution in [1.29, 1.82) is 0 Å². The van der Waals surface area contributed by atoms with Crippen LogP contribution in [-0.4, -0.2) is 12.6 Å². The summed E-state index contributed by atoms with van der Waals surface area (Å²) in [4.78, 5) is 12.0. The maximum Gasteiger partial charge on any atom is 0.305 e. The maximum atomic E-state index is 12.0. The van der Waals surface area contributed by atoms with Crippen LogP contribution in [-0.2, 0) is 9.53 Å². The molecule has 2 heteroatoms. The number of allylic oxidation sites excluding steroid dienone is 2. The van der Waals surface area contributed by atoms with E-state index in [9.17, 15) is 4.79 Å². The third-order valence-electron chi connectivity index (χ3n) is 11.9. The van der Waals surface area contributed by atoms with Gasteiger partial charge in [-0.1, -0.05) is 264 Å². The highest BCUT2D eigenvalue weighted by Gasteiger charge is 2.03. The van der Waals surface area contributed by atoms with Crippen LogP contribution < -0.4 is 0 Å². The molecule has 0 amide bonds. The molecule has 0 saturated carbocycles. The smallest absolute Gasteiger partial charge is 0.305 e. The van der Waals surface area contributed by atoms with Gasteiger partial charge < -0.3 is 4.74 Å². The molecule has 0 fully saturated rings. The highest BCUT2D eigenvalue weighted by molar-refractivity contribution is 5.69. The number of ether oxygens (including phenoxy) is 1. The molecule has 1 unspecified atom stereocenters. The average Bonchev–Trinajstić information content (AvgIpc) is 3.16. The second kappa shape index (κ2) is 47.4. The van der Waals surface area contributed by atoms with E-state index in [-0.39, 0.29) is 5.97 Å². The van der Waals surface area contributed by atoms with Crippen molar-refractivity contribution in [3.8, 4) is 0 Å². The van der Waals surface area contributed by atoms with Crippen molar-refractivity contribution in [2.24, 2.45) is 5.92 Å². The van der Waals surface area contributed by atoms with E-state index in [4.69, 9.17) is 4.74 Å². The van der Waals surface area contributed by atoms with Gasteiger partial charge in [0.1, 0.15) is 0 Å². The average molecular weight is 745 g/mol. The fraction of sp³-hybridized carbons (Fsp3) is 0.941. The standard InChI is InChI=1S/C51H100O2/c1-4-6-7-8-9-10-11-12-13-14-20-24-27-30-33-36-39-42-45-48-51(52)53-49-46-43-40-37-34-31-28-25-22-19-17-15-16-18-21-23-26-29-32-35-38-41-44-47-50(3)5-2/h12-13,50H,4-11,14-49H2,1-3H3. The summed E-state index contributed by atoms with van der Waals surface area (Å²) in [6.45, 7) is 7.64. The number of carbonyl (C=O) groups excluding carboxylic acids is 1. The van der Waals surface area contributed by atoms with Crippen LogP contribution in [0.3, 0.4) is 0 Å². The van der Waals surface area contributed by atoms with Gasteiger partial charge in [0.05, 0.1) is 6.61 Å². The van der Waals surface area contributed by atoms with Gasteiger partial charge in [0, 0.05) is 6.42 Å². The SMILES string of the molecule is CCCCCCCCC=CCCCCCCCCCCCC(=O)OCCCCCCCCCCCCCCCCCCCCCCCCCC(C)CC. The Morgan fingerprint density at radius 3 is 1.06 bits per heavy atom. The van der Waals surface area contributed by atoms with E-state index < -0.39 is 0 Å². The van der Waals surface area contributed by atoms with Gasteiger partial charge in [-0.25, -0.2) is 0 Å². The van der Waals surface area contributed by atoms with Gasteiger partial charge in [-0.15, -0.1) is 0 Å². The van der Waals surface area contributed by atoms with E-state index in [0.717, 1.165) is 18.8 Å². The fourth-order valence-electron chi connectivity index (χ4n) is 7.82. The van der Waals surface area contributed by atoms with Gasteiger partial charge in [-0.3, -0.25) is 4.79 Å². The zero-order valence-electron chi connectivity index (χ0n) is 37.2. The van der Waals surface area contributed by atoms with Crippen molar-refractivity contribution >= 4 is 5.97 Å². The van der Waals surface area contributed by atoms with Crippen molar-refractivity contribution in [2.75, 3.05) is 6.61 Å². The molecule has 0 heterocycles. The van der Waals surface area contributed by atoms with E-state index in [1.54, 1.807) is 0 Å². The lowest BCUT2D eigenvalue weighted by Crippen LogP contribution is -2.05. The molecule has 0 aromatic rings. The molecule has 2 nitrogen and oxygen atoms in total. The van der Waals surface area contributed by atoms with Gasteiger partial charge >= 0.3 is 5.97 Å². The maximum absolute atomic E-state index is 12.0. The highest BCUT2D eigenvalue weighted by Crippen LogP contribution is 2.18. The molecular formula is C51H100O2. The Hall–Kier alpha value is -0.790. The second-order valence-electron chi connectivity index (χ2n) is 17.4. The zero-order valence-corrected chi connectivity index (χ0v) is 37.2. The predicted molar refractivity (Wildman–Crippen MR) is 239 cm³/mol. The van der Waals surface area contributed by atoms with Crippen LogP contribution in [0.4, 0.5) is 0 Å². The molecule has 0 N–H and O–H groups in total. The predicted octanol–water partition coefficient (Wildman–Crippen LogP) is 18.5. The lowest BCUT2D eigenvalue weighted by Gasteiger charge is -2.07. The molecule has 0 aromatic heterocycles. The van der Waals surface area contributed by atoms with Crippen LogP contribution in [0.25, 0.3) is 0 Å². The first-order valence-electron chi connectivity index (χ1n) is 25.0. The summed E-state index contributed by atoms with van der Waals surface area (Å²) in [5.41, 5.74) is 0. The van der Waals surface area contributed by atoms with Crippen molar-refractivity contribution in [2.45, 2.75) is 297 Å². The molecule has 0 bridgehead atoms. The fourth-order valence-corrected chi connectivity index (χ4v) is 7.82. The molecule has 0 rings (SSSR count). The van der Waals surface area contributed by atoms with E-state index >= 15 is 0 Å². The first kappa shape index (κ1) is 52.2. The van der Waals surface area contributed by atoms with Crippen LogP contribution >= 0.6 is 0 Å². The minimum Gasteiger partial charge on any atom is -0.466 e. The van der Waals surface area contributed by atoms with Crippen LogP contribution in [0.1, 0.15) is 297 Å². The van der Waals surface area contributed by atoms with E-state index in [1.807, 2.05) is 0 Å². The summed E-state index contributed by atoms with van der Waals surface area (Å²) in [7, 11) is 0. The normalized spacial score (nSPS) is 12.3. The monoisotopic (exact) mass is 745 g/mol. The molecule has 316 valence electrons. The van der Waals surface area contributed by atoms with Crippen LogP contribution in [0, 0.1) is 5.92 Å². The Labute approximate surface area is 336 Å². The second-order valence-corrected chi connectivity index (χ2v) is 17.4. The van der Waals surface area contributed by atoms with Gasteiger partial charge in [0.15, 0.2) is 0 Å². The molecule has 0 aliphatic carbocycles. The summed E-state index contributed by atoms with van der Waals surface area (Å²) >= 11 is 0. The third-order valence-corrected chi connectivity index (χ3v) is 11.9. The van der Waals surface area contributed by atoms with Gasteiger partial charge in [0.2, 0.25) is 0 Å². The number of rotatable bonds is 46. The molecule has 0 aromatic carbocycles.